The molecule has 2 aromatic heterocycles. The van der Waals surface area contributed by atoms with Crippen LogP contribution in [0.1, 0.15) is 17.0 Å². The van der Waals surface area contributed by atoms with Gasteiger partial charge in [0.15, 0.2) is 5.16 Å². The molecule has 0 radical (unpaired) electrons. The van der Waals surface area contributed by atoms with E-state index in [9.17, 15) is 0 Å². The molecule has 2 heterocycles. The molecule has 4 nitrogen and oxygen atoms in total. The van der Waals surface area contributed by atoms with Gasteiger partial charge in [0.25, 0.3) is 0 Å². The highest BCUT2D eigenvalue weighted by Gasteiger charge is 2.06. The SMILES string of the molecule is CNc1cc(Sc2nc(C)c(C)c(C)n2)ccn1. The third-order valence-corrected chi connectivity index (χ3v) is 3.66. The molecular weight excluding hydrogens is 244 g/mol. The van der Waals surface area contributed by atoms with Crippen LogP contribution in [-0.2, 0) is 0 Å². The quantitative estimate of drug-likeness (QED) is 0.860. The van der Waals surface area contributed by atoms with E-state index in [-0.39, 0.29) is 0 Å². The van der Waals surface area contributed by atoms with Gasteiger partial charge >= 0.3 is 0 Å². The minimum Gasteiger partial charge on any atom is -0.373 e. The Morgan fingerprint density at radius 3 is 2.39 bits per heavy atom. The second-order valence-electron chi connectivity index (χ2n) is 4.03. The van der Waals surface area contributed by atoms with Crippen LogP contribution in [0.3, 0.4) is 0 Å². The van der Waals surface area contributed by atoms with Crippen molar-refractivity contribution in [2.75, 3.05) is 12.4 Å². The zero-order chi connectivity index (χ0) is 13.1. The summed E-state index contributed by atoms with van der Waals surface area (Å²) in [6.45, 7) is 6.07. The highest BCUT2D eigenvalue weighted by Crippen LogP contribution is 2.26. The van der Waals surface area contributed by atoms with Crippen LogP contribution in [-0.4, -0.2) is 22.0 Å². The molecule has 2 aromatic rings. The maximum absolute atomic E-state index is 4.50. The van der Waals surface area contributed by atoms with Crippen molar-refractivity contribution < 1.29 is 0 Å². The van der Waals surface area contributed by atoms with E-state index >= 15 is 0 Å². The first-order valence-electron chi connectivity index (χ1n) is 5.73. The van der Waals surface area contributed by atoms with Crippen LogP contribution in [0.5, 0.6) is 0 Å². The number of hydrogen-bond donors (Lipinski definition) is 1. The number of pyridine rings is 1. The van der Waals surface area contributed by atoms with Crippen molar-refractivity contribution in [2.45, 2.75) is 30.8 Å². The summed E-state index contributed by atoms with van der Waals surface area (Å²) in [5.74, 6) is 0.848. The molecule has 0 amide bonds. The van der Waals surface area contributed by atoms with E-state index in [0.717, 1.165) is 32.8 Å². The standard InChI is InChI=1S/C13H16N4S/c1-8-9(2)16-13(17-10(8)3)18-11-5-6-15-12(7-11)14-4/h5-7H,1-4H3,(H,14,15). The van der Waals surface area contributed by atoms with Crippen LogP contribution in [0.4, 0.5) is 5.82 Å². The first-order chi connectivity index (χ1) is 8.60. The Balaban J connectivity index is 2.28. The number of hydrogen-bond acceptors (Lipinski definition) is 5. The second kappa shape index (κ2) is 5.35. The van der Waals surface area contributed by atoms with Crippen LogP contribution >= 0.6 is 11.8 Å². The van der Waals surface area contributed by atoms with Crippen LogP contribution in [0.15, 0.2) is 28.4 Å². The summed E-state index contributed by atoms with van der Waals surface area (Å²) in [4.78, 5) is 14.3. The second-order valence-corrected chi connectivity index (χ2v) is 5.07. The van der Waals surface area contributed by atoms with Crippen molar-refractivity contribution in [2.24, 2.45) is 0 Å². The molecule has 0 bridgehead atoms. The Morgan fingerprint density at radius 2 is 1.78 bits per heavy atom. The molecule has 0 aromatic carbocycles. The minimum absolute atomic E-state index is 0.781. The molecule has 0 aliphatic rings. The van der Waals surface area contributed by atoms with Crippen molar-refractivity contribution in [3.63, 3.8) is 0 Å². The van der Waals surface area contributed by atoms with Gasteiger partial charge in [0.1, 0.15) is 5.82 Å². The average molecular weight is 260 g/mol. The molecule has 18 heavy (non-hydrogen) atoms. The van der Waals surface area contributed by atoms with Gasteiger partial charge in [-0.05, 0) is 50.2 Å². The smallest absolute Gasteiger partial charge is 0.192 e. The third-order valence-electron chi connectivity index (χ3n) is 2.81. The summed E-state index contributed by atoms with van der Waals surface area (Å²) in [5.41, 5.74) is 3.23. The zero-order valence-electron chi connectivity index (χ0n) is 11.0. The molecule has 1 N–H and O–H groups in total. The van der Waals surface area contributed by atoms with E-state index in [1.807, 2.05) is 40.0 Å². The lowest BCUT2D eigenvalue weighted by Gasteiger charge is -2.07. The normalized spacial score (nSPS) is 10.4. The predicted molar refractivity (Wildman–Crippen MR) is 74.1 cm³/mol. The van der Waals surface area contributed by atoms with Gasteiger partial charge in [-0.15, -0.1) is 0 Å². The number of anilines is 1. The van der Waals surface area contributed by atoms with Crippen molar-refractivity contribution in [1.82, 2.24) is 15.0 Å². The molecule has 0 atom stereocenters. The van der Waals surface area contributed by atoms with E-state index in [1.54, 1.807) is 18.0 Å². The maximum atomic E-state index is 4.50. The summed E-state index contributed by atoms with van der Waals surface area (Å²) in [5, 5.41) is 3.80. The first kappa shape index (κ1) is 12.8. The monoisotopic (exact) mass is 260 g/mol. The molecule has 0 aliphatic carbocycles. The highest BCUT2D eigenvalue weighted by molar-refractivity contribution is 7.99. The van der Waals surface area contributed by atoms with Gasteiger partial charge in [0.2, 0.25) is 0 Å². The van der Waals surface area contributed by atoms with Gasteiger partial charge in [-0.25, -0.2) is 15.0 Å². The van der Waals surface area contributed by atoms with Crippen molar-refractivity contribution >= 4 is 17.6 Å². The van der Waals surface area contributed by atoms with Gasteiger partial charge in [0, 0.05) is 29.5 Å². The predicted octanol–water partition coefficient (Wildman–Crippen LogP) is 2.99. The zero-order valence-corrected chi connectivity index (χ0v) is 11.8. The lowest BCUT2D eigenvalue weighted by molar-refractivity contribution is 0.881. The number of aromatic nitrogens is 3. The van der Waals surface area contributed by atoms with E-state index in [1.165, 1.54) is 0 Å². The van der Waals surface area contributed by atoms with Crippen LogP contribution in [0, 0.1) is 20.8 Å². The fraction of sp³-hybridized carbons (Fsp3) is 0.308. The van der Waals surface area contributed by atoms with E-state index in [0.29, 0.717) is 0 Å². The first-order valence-corrected chi connectivity index (χ1v) is 6.55. The Hall–Kier alpha value is -1.62. The Labute approximate surface area is 111 Å². The molecule has 5 heteroatoms. The molecule has 0 fully saturated rings. The van der Waals surface area contributed by atoms with E-state index in [2.05, 4.69) is 20.3 Å². The lowest BCUT2D eigenvalue weighted by atomic mass is 10.2. The van der Waals surface area contributed by atoms with Crippen molar-refractivity contribution in [1.29, 1.82) is 0 Å². The molecular formula is C13H16N4S. The minimum atomic E-state index is 0.781. The third kappa shape index (κ3) is 2.79. The molecule has 2 rings (SSSR count). The van der Waals surface area contributed by atoms with Gasteiger partial charge in [-0.1, -0.05) is 0 Å². The van der Waals surface area contributed by atoms with Gasteiger partial charge < -0.3 is 5.32 Å². The number of rotatable bonds is 3. The van der Waals surface area contributed by atoms with Crippen molar-refractivity contribution in [3.8, 4) is 0 Å². The summed E-state index contributed by atoms with van der Waals surface area (Å²) < 4.78 is 0. The number of aryl methyl sites for hydroxylation is 2. The highest BCUT2D eigenvalue weighted by atomic mass is 32.2. The van der Waals surface area contributed by atoms with Crippen LogP contribution in [0.25, 0.3) is 0 Å². The Kier molecular flexibility index (Phi) is 3.81. The molecule has 0 saturated carbocycles. The largest absolute Gasteiger partial charge is 0.373 e. The molecule has 0 saturated heterocycles. The maximum Gasteiger partial charge on any atom is 0.192 e. The number of nitrogens with zero attached hydrogens (tertiary/aromatic N) is 3. The van der Waals surface area contributed by atoms with Crippen molar-refractivity contribution in [3.05, 3.63) is 35.3 Å². The Morgan fingerprint density at radius 1 is 1.11 bits per heavy atom. The van der Waals surface area contributed by atoms with E-state index in [4.69, 9.17) is 0 Å². The molecule has 0 unspecified atom stereocenters. The lowest BCUT2D eigenvalue weighted by Crippen LogP contribution is -1.98. The summed E-state index contributed by atoms with van der Waals surface area (Å²) in [6.07, 6.45) is 1.78. The van der Waals surface area contributed by atoms with Gasteiger partial charge in [-0.2, -0.15) is 0 Å². The fourth-order valence-electron chi connectivity index (χ4n) is 1.50. The topological polar surface area (TPSA) is 50.7 Å². The average Bonchev–Trinajstić information content (AvgIpc) is 2.36. The van der Waals surface area contributed by atoms with Crippen LogP contribution in [0.2, 0.25) is 0 Å². The fourth-order valence-corrected chi connectivity index (χ4v) is 2.38. The summed E-state index contributed by atoms with van der Waals surface area (Å²) >= 11 is 1.55. The molecule has 94 valence electrons. The van der Waals surface area contributed by atoms with Gasteiger partial charge in [-0.3, -0.25) is 0 Å². The molecule has 0 aliphatic heterocycles. The van der Waals surface area contributed by atoms with E-state index < -0.39 is 0 Å². The Bertz CT molecular complexity index is 546. The van der Waals surface area contributed by atoms with Gasteiger partial charge in [0.05, 0.1) is 0 Å². The summed E-state index contributed by atoms with van der Waals surface area (Å²) in [7, 11) is 1.85. The molecule has 0 spiro atoms. The summed E-state index contributed by atoms with van der Waals surface area (Å²) in [6, 6.07) is 3.94. The number of nitrogens with one attached hydrogen (secondary N) is 1. The van der Waals surface area contributed by atoms with Crippen LogP contribution < -0.4 is 5.32 Å².